The van der Waals surface area contributed by atoms with E-state index < -0.39 is 0 Å². The second-order valence-corrected chi connectivity index (χ2v) is 6.52. The molecular formula is C16H18BrNO2S. The third-order valence-electron chi connectivity index (χ3n) is 3.36. The Hall–Kier alpha value is -1.17. The smallest absolute Gasteiger partial charge is 0.251 e. The number of nitrogens with one attached hydrogen (secondary N) is 1. The van der Waals surface area contributed by atoms with Gasteiger partial charge in [-0.2, -0.15) is 11.3 Å². The Morgan fingerprint density at radius 1 is 1.33 bits per heavy atom. The van der Waals surface area contributed by atoms with Gasteiger partial charge in [0.2, 0.25) is 0 Å². The van der Waals surface area contributed by atoms with Crippen LogP contribution in [0.15, 0.2) is 45.6 Å². The number of rotatable bonds is 7. The number of halogens is 1. The number of aliphatic hydroxyl groups excluding tert-OH is 1. The van der Waals surface area contributed by atoms with Crippen LogP contribution in [0.4, 0.5) is 0 Å². The predicted molar refractivity (Wildman–Crippen MR) is 89.9 cm³/mol. The fourth-order valence-corrected chi connectivity index (χ4v) is 3.37. The molecule has 0 radical (unpaired) electrons. The first kappa shape index (κ1) is 16.2. The molecule has 0 aliphatic heterocycles. The van der Waals surface area contributed by atoms with Crippen LogP contribution in [-0.4, -0.2) is 24.2 Å². The second-order valence-electron chi connectivity index (χ2n) is 4.82. The van der Waals surface area contributed by atoms with Gasteiger partial charge >= 0.3 is 0 Å². The van der Waals surface area contributed by atoms with Gasteiger partial charge in [0.15, 0.2) is 0 Å². The van der Waals surface area contributed by atoms with Crippen molar-refractivity contribution in [1.29, 1.82) is 0 Å². The standard InChI is InChI=1S/C16H18BrNO2S/c17-15-3-1-2-13(10-15)16(20)18-7-4-12(5-8-19)14-6-9-21-11-14/h1-3,6,9-12,19H,4-5,7-8H2,(H,18,20). The molecule has 0 saturated carbocycles. The molecule has 2 rings (SSSR count). The van der Waals surface area contributed by atoms with Crippen LogP contribution < -0.4 is 5.32 Å². The molecule has 0 saturated heterocycles. The van der Waals surface area contributed by atoms with E-state index in [9.17, 15) is 4.79 Å². The lowest BCUT2D eigenvalue weighted by atomic mass is 9.95. The molecule has 0 bridgehead atoms. The van der Waals surface area contributed by atoms with Gasteiger partial charge in [-0.15, -0.1) is 0 Å². The van der Waals surface area contributed by atoms with E-state index in [1.807, 2.05) is 17.5 Å². The van der Waals surface area contributed by atoms with Crippen LogP contribution in [0.5, 0.6) is 0 Å². The Labute approximate surface area is 137 Å². The maximum Gasteiger partial charge on any atom is 0.251 e. The number of hydrogen-bond acceptors (Lipinski definition) is 3. The number of hydrogen-bond donors (Lipinski definition) is 2. The van der Waals surface area contributed by atoms with E-state index in [0.29, 0.717) is 18.0 Å². The third-order valence-corrected chi connectivity index (χ3v) is 4.55. The van der Waals surface area contributed by atoms with Gasteiger partial charge in [-0.25, -0.2) is 0 Å². The van der Waals surface area contributed by atoms with E-state index >= 15 is 0 Å². The molecule has 0 spiro atoms. The first-order chi connectivity index (χ1) is 10.2. The monoisotopic (exact) mass is 367 g/mol. The van der Waals surface area contributed by atoms with Gasteiger partial charge < -0.3 is 10.4 Å². The summed E-state index contributed by atoms with van der Waals surface area (Å²) in [6.45, 7) is 0.770. The largest absolute Gasteiger partial charge is 0.396 e. The topological polar surface area (TPSA) is 49.3 Å². The highest BCUT2D eigenvalue weighted by atomic mass is 79.9. The van der Waals surface area contributed by atoms with Crippen LogP contribution in [-0.2, 0) is 0 Å². The molecule has 1 amide bonds. The second kappa shape index (κ2) is 8.32. The van der Waals surface area contributed by atoms with Crippen molar-refractivity contribution in [3.05, 3.63) is 56.7 Å². The SMILES string of the molecule is O=C(NCCC(CCO)c1ccsc1)c1cccc(Br)c1. The lowest BCUT2D eigenvalue weighted by Gasteiger charge is -2.15. The van der Waals surface area contributed by atoms with Crippen LogP contribution in [0, 0.1) is 0 Å². The third kappa shape index (κ3) is 4.95. The Kier molecular flexibility index (Phi) is 6.42. The van der Waals surface area contributed by atoms with Crippen molar-refractivity contribution >= 4 is 33.2 Å². The van der Waals surface area contributed by atoms with Crippen LogP contribution in [0.25, 0.3) is 0 Å². The van der Waals surface area contributed by atoms with Crippen LogP contribution in [0.3, 0.4) is 0 Å². The predicted octanol–water partition coefficient (Wildman–Crippen LogP) is 3.80. The summed E-state index contributed by atoms with van der Waals surface area (Å²) >= 11 is 5.02. The van der Waals surface area contributed by atoms with Crippen molar-refractivity contribution in [1.82, 2.24) is 5.32 Å². The molecule has 0 aliphatic rings. The molecule has 0 aliphatic carbocycles. The van der Waals surface area contributed by atoms with E-state index in [2.05, 4.69) is 32.7 Å². The number of carbonyl (C=O) groups is 1. The normalized spacial score (nSPS) is 12.1. The van der Waals surface area contributed by atoms with E-state index in [1.54, 1.807) is 23.5 Å². The molecule has 1 aromatic carbocycles. The summed E-state index contributed by atoms with van der Waals surface area (Å²) in [6.07, 6.45) is 1.56. The summed E-state index contributed by atoms with van der Waals surface area (Å²) in [4.78, 5) is 12.0. The Morgan fingerprint density at radius 3 is 2.86 bits per heavy atom. The zero-order valence-electron chi connectivity index (χ0n) is 11.6. The van der Waals surface area contributed by atoms with Gasteiger partial charge in [0, 0.05) is 23.2 Å². The van der Waals surface area contributed by atoms with E-state index in [1.165, 1.54) is 5.56 Å². The number of benzene rings is 1. The number of carbonyl (C=O) groups excluding carboxylic acids is 1. The van der Waals surface area contributed by atoms with E-state index in [-0.39, 0.29) is 12.5 Å². The van der Waals surface area contributed by atoms with Crippen molar-refractivity contribution in [3.8, 4) is 0 Å². The van der Waals surface area contributed by atoms with Gasteiger partial charge in [0.25, 0.3) is 5.91 Å². The number of amides is 1. The first-order valence-electron chi connectivity index (χ1n) is 6.87. The lowest BCUT2D eigenvalue weighted by molar-refractivity contribution is 0.0952. The molecule has 112 valence electrons. The Morgan fingerprint density at radius 2 is 2.19 bits per heavy atom. The first-order valence-corrected chi connectivity index (χ1v) is 8.61. The van der Waals surface area contributed by atoms with Crippen molar-refractivity contribution in [3.63, 3.8) is 0 Å². The molecule has 2 N–H and O–H groups in total. The Bertz CT molecular complexity index is 571. The highest BCUT2D eigenvalue weighted by Crippen LogP contribution is 2.24. The van der Waals surface area contributed by atoms with Crippen molar-refractivity contribution in [2.45, 2.75) is 18.8 Å². The summed E-state index contributed by atoms with van der Waals surface area (Å²) in [7, 11) is 0. The fraction of sp³-hybridized carbons (Fsp3) is 0.312. The Balaban J connectivity index is 1.86. The molecule has 21 heavy (non-hydrogen) atoms. The van der Waals surface area contributed by atoms with Crippen molar-refractivity contribution in [2.75, 3.05) is 13.2 Å². The van der Waals surface area contributed by atoms with Crippen LogP contribution in [0.2, 0.25) is 0 Å². The molecule has 5 heteroatoms. The van der Waals surface area contributed by atoms with E-state index in [4.69, 9.17) is 5.11 Å². The van der Waals surface area contributed by atoms with Gasteiger partial charge in [0.05, 0.1) is 0 Å². The van der Waals surface area contributed by atoms with Crippen LogP contribution in [0.1, 0.15) is 34.7 Å². The minimum atomic E-state index is -0.0654. The average Bonchev–Trinajstić information content (AvgIpc) is 3.00. The zero-order valence-corrected chi connectivity index (χ0v) is 14.0. The minimum Gasteiger partial charge on any atom is -0.396 e. The molecular weight excluding hydrogens is 350 g/mol. The van der Waals surface area contributed by atoms with Gasteiger partial charge in [0.1, 0.15) is 0 Å². The summed E-state index contributed by atoms with van der Waals surface area (Å²) in [6, 6.07) is 9.42. The van der Waals surface area contributed by atoms with E-state index in [0.717, 1.165) is 17.3 Å². The number of thiophene rings is 1. The molecule has 2 aromatic rings. The molecule has 1 aromatic heterocycles. The van der Waals surface area contributed by atoms with Crippen LogP contribution >= 0.6 is 27.3 Å². The maximum absolute atomic E-state index is 12.0. The minimum absolute atomic E-state index is 0.0654. The summed E-state index contributed by atoms with van der Waals surface area (Å²) in [5.74, 6) is 0.230. The van der Waals surface area contributed by atoms with Gasteiger partial charge in [-0.1, -0.05) is 22.0 Å². The van der Waals surface area contributed by atoms with Crippen molar-refractivity contribution in [2.24, 2.45) is 0 Å². The van der Waals surface area contributed by atoms with Gasteiger partial charge in [-0.3, -0.25) is 4.79 Å². The van der Waals surface area contributed by atoms with Gasteiger partial charge in [-0.05, 0) is 59.3 Å². The average molecular weight is 368 g/mol. The molecule has 0 fully saturated rings. The molecule has 1 atom stereocenters. The summed E-state index contributed by atoms with van der Waals surface area (Å²) in [5, 5.41) is 16.3. The maximum atomic E-state index is 12.0. The fourth-order valence-electron chi connectivity index (χ4n) is 2.23. The zero-order chi connectivity index (χ0) is 15.1. The molecule has 1 unspecified atom stereocenters. The van der Waals surface area contributed by atoms with Crippen molar-refractivity contribution < 1.29 is 9.90 Å². The summed E-state index contributed by atoms with van der Waals surface area (Å²) < 4.78 is 0.895. The quantitative estimate of drug-likeness (QED) is 0.781. The highest BCUT2D eigenvalue weighted by Gasteiger charge is 2.12. The molecule has 1 heterocycles. The molecule has 3 nitrogen and oxygen atoms in total. The summed E-state index contributed by atoms with van der Waals surface area (Å²) in [5.41, 5.74) is 1.89. The lowest BCUT2D eigenvalue weighted by Crippen LogP contribution is -2.25. The number of aliphatic hydroxyl groups is 1. The highest BCUT2D eigenvalue weighted by molar-refractivity contribution is 9.10.